The minimum atomic E-state index is 0. The topological polar surface area (TPSA) is 42.9 Å². The van der Waals surface area contributed by atoms with Gasteiger partial charge in [-0.05, 0) is 37.4 Å². The van der Waals surface area contributed by atoms with Gasteiger partial charge in [0.05, 0.1) is 6.54 Å². The van der Waals surface area contributed by atoms with E-state index in [1.54, 1.807) is 0 Å². The van der Waals surface area contributed by atoms with Crippen LogP contribution >= 0.6 is 24.0 Å². The third-order valence-corrected chi connectivity index (χ3v) is 5.09. The molecular weight excluding hydrogens is 437 g/mol. The van der Waals surface area contributed by atoms with Gasteiger partial charge in [0.1, 0.15) is 0 Å². The van der Waals surface area contributed by atoms with Crippen molar-refractivity contribution in [2.24, 2.45) is 4.99 Å². The molecule has 2 fully saturated rings. The molecule has 0 atom stereocenters. The monoisotopic (exact) mass is 471 g/mol. The Morgan fingerprint density at radius 1 is 1.04 bits per heavy atom. The number of nitrogens with zero attached hydrogens (tertiary/aromatic N) is 3. The van der Waals surface area contributed by atoms with Gasteiger partial charge in [0.2, 0.25) is 0 Å². The highest BCUT2D eigenvalue weighted by Gasteiger charge is 2.22. The van der Waals surface area contributed by atoms with Crippen molar-refractivity contribution in [1.82, 2.24) is 20.4 Å². The summed E-state index contributed by atoms with van der Waals surface area (Å²) in [5.74, 6) is 0.955. The molecule has 0 unspecified atom stereocenters. The van der Waals surface area contributed by atoms with E-state index in [1.165, 1.54) is 43.6 Å². The highest BCUT2D eigenvalue weighted by atomic mass is 127. The first-order chi connectivity index (χ1) is 12.3. The standard InChI is InChI=1S/C20H33N5.HI/c1-3-21-20(23-19-9-10-19)22-15-17-7-5-6-8-18(17)16-25-13-11-24(4-2)12-14-25;/h5-8,19H,3-4,9-16H2,1-2H3,(H2,21,22,23);1H. The van der Waals surface area contributed by atoms with Crippen LogP contribution in [0, 0.1) is 0 Å². The molecule has 1 aliphatic heterocycles. The zero-order valence-corrected chi connectivity index (χ0v) is 18.5. The molecule has 0 radical (unpaired) electrons. The third kappa shape index (κ3) is 6.70. The minimum absolute atomic E-state index is 0. The summed E-state index contributed by atoms with van der Waals surface area (Å²) < 4.78 is 0. The number of likely N-dealkylation sites (N-methyl/N-ethyl adjacent to an activating group) is 1. The molecule has 1 saturated heterocycles. The lowest BCUT2D eigenvalue weighted by Gasteiger charge is -2.34. The fraction of sp³-hybridized carbons (Fsp3) is 0.650. The summed E-state index contributed by atoms with van der Waals surface area (Å²) in [7, 11) is 0. The summed E-state index contributed by atoms with van der Waals surface area (Å²) >= 11 is 0. The zero-order chi connectivity index (χ0) is 17.5. The van der Waals surface area contributed by atoms with E-state index in [0.717, 1.165) is 38.7 Å². The molecule has 5 nitrogen and oxygen atoms in total. The quantitative estimate of drug-likeness (QED) is 0.365. The molecule has 6 heteroatoms. The summed E-state index contributed by atoms with van der Waals surface area (Å²) in [5, 5.41) is 6.86. The van der Waals surface area contributed by atoms with Crippen LogP contribution in [-0.2, 0) is 13.1 Å². The molecule has 146 valence electrons. The van der Waals surface area contributed by atoms with Crippen LogP contribution in [0.25, 0.3) is 0 Å². The second-order valence-electron chi connectivity index (χ2n) is 7.09. The summed E-state index contributed by atoms with van der Waals surface area (Å²) in [6.45, 7) is 12.9. The summed E-state index contributed by atoms with van der Waals surface area (Å²) in [6, 6.07) is 9.39. The molecule has 26 heavy (non-hydrogen) atoms. The Balaban J connectivity index is 0.00000243. The van der Waals surface area contributed by atoms with Gasteiger partial charge in [0.25, 0.3) is 0 Å². The number of benzene rings is 1. The molecule has 1 heterocycles. The maximum Gasteiger partial charge on any atom is 0.191 e. The van der Waals surface area contributed by atoms with E-state index < -0.39 is 0 Å². The van der Waals surface area contributed by atoms with Gasteiger partial charge in [-0.1, -0.05) is 31.2 Å². The lowest BCUT2D eigenvalue weighted by Crippen LogP contribution is -2.45. The fourth-order valence-corrected chi connectivity index (χ4v) is 3.28. The van der Waals surface area contributed by atoms with Gasteiger partial charge in [0.15, 0.2) is 5.96 Å². The Hall–Kier alpha value is -0.860. The molecule has 0 spiro atoms. The van der Waals surface area contributed by atoms with E-state index in [4.69, 9.17) is 4.99 Å². The van der Waals surface area contributed by atoms with Crippen molar-refractivity contribution in [3.8, 4) is 0 Å². The van der Waals surface area contributed by atoms with E-state index in [0.29, 0.717) is 6.04 Å². The Kier molecular flexibility index (Phi) is 9.15. The number of hydrogen-bond donors (Lipinski definition) is 2. The van der Waals surface area contributed by atoms with Gasteiger partial charge in [-0.3, -0.25) is 4.90 Å². The first-order valence-corrected chi connectivity index (χ1v) is 9.84. The van der Waals surface area contributed by atoms with Crippen LogP contribution in [-0.4, -0.2) is 61.1 Å². The SMILES string of the molecule is CCNC(=NCc1ccccc1CN1CCN(CC)CC1)NC1CC1.I. The Morgan fingerprint density at radius 3 is 2.31 bits per heavy atom. The first kappa shape index (κ1) is 21.4. The van der Waals surface area contributed by atoms with Gasteiger partial charge in [0, 0.05) is 45.3 Å². The molecule has 3 rings (SSSR count). The van der Waals surface area contributed by atoms with Crippen molar-refractivity contribution in [3.05, 3.63) is 35.4 Å². The largest absolute Gasteiger partial charge is 0.357 e. The van der Waals surface area contributed by atoms with Gasteiger partial charge in [-0.15, -0.1) is 24.0 Å². The second kappa shape index (κ2) is 11.1. The van der Waals surface area contributed by atoms with Gasteiger partial charge >= 0.3 is 0 Å². The number of halogens is 1. The average molecular weight is 471 g/mol. The van der Waals surface area contributed by atoms with E-state index >= 15 is 0 Å². The molecule has 1 aromatic carbocycles. The summed E-state index contributed by atoms with van der Waals surface area (Å²) in [4.78, 5) is 9.91. The number of aliphatic imine (C=N–C) groups is 1. The van der Waals surface area contributed by atoms with Crippen molar-refractivity contribution >= 4 is 29.9 Å². The number of guanidine groups is 1. The van der Waals surface area contributed by atoms with Crippen LogP contribution < -0.4 is 10.6 Å². The molecular formula is C20H34IN5. The van der Waals surface area contributed by atoms with Crippen molar-refractivity contribution in [3.63, 3.8) is 0 Å². The Labute approximate surface area is 175 Å². The zero-order valence-electron chi connectivity index (χ0n) is 16.2. The Morgan fingerprint density at radius 2 is 1.69 bits per heavy atom. The second-order valence-corrected chi connectivity index (χ2v) is 7.09. The number of nitrogens with one attached hydrogen (secondary N) is 2. The molecule has 1 aromatic rings. The lowest BCUT2D eigenvalue weighted by molar-refractivity contribution is 0.131. The summed E-state index contributed by atoms with van der Waals surface area (Å²) in [6.07, 6.45) is 2.54. The van der Waals surface area contributed by atoms with Crippen LogP contribution in [0.2, 0.25) is 0 Å². The third-order valence-electron chi connectivity index (χ3n) is 5.09. The fourth-order valence-electron chi connectivity index (χ4n) is 3.28. The van der Waals surface area contributed by atoms with Crippen molar-refractivity contribution in [2.45, 2.75) is 45.8 Å². The van der Waals surface area contributed by atoms with E-state index in [2.05, 4.69) is 58.5 Å². The predicted molar refractivity (Wildman–Crippen MR) is 120 cm³/mol. The van der Waals surface area contributed by atoms with Crippen LogP contribution in [0.5, 0.6) is 0 Å². The van der Waals surface area contributed by atoms with E-state index in [1.807, 2.05) is 0 Å². The van der Waals surface area contributed by atoms with Gasteiger partial charge in [-0.25, -0.2) is 4.99 Å². The molecule has 1 saturated carbocycles. The van der Waals surface area contributed by atoms with Crippen LogP contribution in [0.15, 0.2) is 29.3 Å². The van der Waals surface area contributed by atoms with Crippen LogP contribution in [0.3, 0.4) is 0 Å². The highest BCUT2D eigenvalue weighted by Crippen LogP contribution is 2.19. The normalized spacial score (nSPS) is 19.1. The molecule has 0 aromatic heterocycles. The first-order valence-electron chi connectivity index (χ1n) is 9.84. The Bertz CT molecular complexity index is 565. The van der Waals surface area contributed by atoms with Gasteiger partial charge in [-0.2, -0.15) is 0 Å². The minimum Gasteiger partial charge on any atom is -0.357 e. The number of piperazine rings is 1. The average Bonchev–Trinajstić information content (AvgIpc) is 3.46. The lowest BCUT2D eigenvalue weighted by atomic mass is 10.1. The molecule has 0 bridgehead atoms. The molecule has 2 N–H and O–H groups in total. The molecule has 2 aliphatic rings. The molecule has 0 amide bonds. The van der Waals surface area contributed by atoms with E-state index in [9.17, 15) is 0 Å². The molecule has 1 aliphatic carbocycles. The van der Waals surface area contributed by atoms with Crippen LogP contribution in [0.1, 0.15) is 37.8 Å². The predicted octanol–water partition coefficient (Wildman–Crippen LogP) is 2.66. The number of rotatable bonds is 7. The number of hydrogen-bond acceptors (Lipinski definition) is 3. The van der Waals surface area contributed by atoms with Gasteiger partial charge < -0.3 is 15.5 Å². The van der Waals surface area contributed by atoms with Crippen molar-refractivity contribution in [1.29, 1.82) is 0 Å². The maximum atomic E-state index is 4.81. The highest BCUT2D eigenvalue weighted by molar-refractivity contribution is 14.0. The summed E-state index contributed by atoms with van der Waals surface area (Å²) in [5.41, 5.74) is 2.76. The maximum absolute atomic E-state index is 4.81. The van der Waals surface area contributed by atoms with Crippen molar-refractivity contribution < 1.29 is 0 Å². The van der Waals surface area contributed by atoms with E-state index in [-0.39, 0.29) is 24.0 Å². The van der Waals surface area contributed by atoms with Crippen molar-refractivity contribution in [2.75, 3.05) is 39.3 Å². The smallest absolute Gasteiger partial charge is 0.191 e. The van der Waals surface area contributed by atoms with Crippen LogP contribution in [0.4, 0.5) is 0 Å².